The van der Waals surface area contributed by atoms with E-state index < -0.39 is 12.0 Å². The SMILES string of the molecule is O=C(O)[C@@H]1COc2cc(Br)ccc2N1. The van der Waals surface area contributed by atoms with Crippen LogP contribution in [0.2, 0.25) is 0 Å². The summed E-state index contributed by atoms with van der Waals surface area (Å²) in [5.41, 5.74) is 0.715. The summed E-state index contributed by atoms with van der Waals surface area (Å²) in [6, 6.07) is 4.76. The van der Waals surface area contributed by atoms with Crippen LogP contribution in [0.4, 0.5) is 5.69 Å². The quantitative estimate of drug-likeness (QED) is 0.805. The Labute approximate surface area is 89.0 Å². The molecular formula is C9H8BrNO3. The molecule has 14 heavy (non-hydrogen) atoms. The van der Waals surface area contributed by atoms with Gasteiger partial charge in [0.1, 0.15) is 12.4 Å². The van der Waals surface area contributed by atoms with Crippen LogP contribution in [0.1, 0.15) is 0 Å². The van der Waals surface area contributed by atoms with E-state index in [1.165, 1.54) is 0 Å². The van der Waals surface area contributed by atoms with Crippen molar-refractivity contribution in [3.63, 3.8) is 0 Å². The van der Waals surface area contributed by atoms with E-state index in [1.807, 2.05) is 6.07 Å². The molecule has 74 valence electrons. The largest absolute Gasteiger partial charge is 0.489 e. The normalized spacial score (nSPS) is 19.1. The predicted octanol–water partition coefficient (Wildman–Crippen LogP) is 1.71. The number of fused-ring (bicyclic) bond motifs is 1. The highest BCUT2D eigenvalue weighted by atomic mass is 79.9. The molecule has 1 atom stereocenters. The first-order valence-corrected chi connectivity index (χ1v) is 4.88. The van der Waals surface area contributed by atoms with E-state index in [2.05, 4.69) is 21.2 Å². The number of carboxylic acid groups (broad SMARTS) is 1. The lowest BCUT2D eigenvalue weighted by atomic mass is 10.2. The third kappa shape index (κ3) is 1.68. The molecule has 1 aliphatic heterocycles. The number of halogens is 1. The molecule has 2 rings (SSSR count). The molecule has 0 aliphatic carbocycles. The number of anilines is 1. The van der Waals surface area contributed by atoms with Gasteiger partial charge in [0.2, 0.25) is 0 Å². The number of carboxylic acids is 1. The maximum atomic E-state index is 10.7. The van der Waals surface area contributed by atoms with E-state index in [0.717, 1.165) is 4.47 Å². The Kier molecular flexibility index (Phi) is 2.33. The van der Waals surface area contributed by atoms with Gasteiger partial charge in [0.15, 0.2) is 6.04 Å². The molecule has 4 nitrogen and oxygen atoms in total. The van der Waals surface area contributed by atoms with Crippen molar-refractivity contribution in [1.82, 2.24) is 0 Å². The Hall–Kier alpha value is -1.23. The van der Waals surface area contributed by atoms with E-state index in [-0.39, 0.29) is 6.61 Å². The van der Waals surface area contributed by atoms with Gasteiger partial charge in [0, 0.05) is 4.47 Å². The number of benzene rings is 1. The van der Waals surface area contributed by atoms with E-state index >= 15 is 0 Å². The summed E-state index contributed by atoms with van der Waals surface area (Å²) in [6.07, 6.45) is 0. The van der Waals surface area contributed by atoms with Gasteiger partial charge in [0.05, 0.1) is 5.69 Å². The molecule has 0 saturated carbocycles. The highest BCUT2D eigenvalue weighted by molar-refractivity contribution is 9.10. The number of hydrogen-bond acceptors (Lipinski definition) is 3. The highest BCUT2D eigenvalue weighted by Crippen LogP contribution is 2.31. The molecule has 0 radical (unpaired) electrons. The molecule has 1 aromatic carbocycles. The molecule has 1 heterocycles. The van der Waals surface area contributed by atoms with Gasteiger partial charge in [-0.3, -0.25) is 0 Å². The summed E-state index contributed by atoms with van der Waals surface area (Å²) < 4.78 is 6.21. The fourth-order valence-electron chi connectivity index (χ4n) is 1.27. The first-order valence-electron chi connectivity index (χ1n) is 4.08. The van der Waals surface area contributed by atoms with Gasteiger partial charge in [-0.1, -0.05) is 15.9 Å². The van der Waals surface area contributed by atoms with E-state index in [1.54, 1.807) is 12.1 Å². The van der Waals surface area contributed by atoms with Crippen molar-refractivity contribution >= 4 is 27.6 Å². The monoisotopic (exact) mass is 257 g/mol. The van der Waals surface area contributed by atoms with Crippen LogP contribution >= 0.6 is 15.9 Å². The van der Waals surface area contributed by atoms with Crippen LogP contribution in [0, 0.1) is 0 Å². The minimum absolute atomic E-state index is 0.152. The lowest BCUT2D eigenvalue weighted by Gasteiger charge is -2.24. The Balaban J connectivity index is 2.27. The lowest BCUT2D eigenvalue weighted by Crippen LogP contribution is -2.38. The molecule has 0 aromatic heterocycles. The second-order valence-electron chi connectivity index (χ2n) is 2.99. The van der Waals surface area contributed by atoms with Crippen LogP contribution in [0.25, 0.3) is 0 Å². The molecule has 0 bridgehead atoms. The average Bonchev–Trinajstić information content (AvgIpc) is 2.16. The molecule has 5 heteroatoms. The van der Waals surface area contributed by atoms with E-state index in [4.69, 9.17) is 9.84 Å². The molecule has 0 saturated heterocycles. The maximum absolute atomic E-state index is 10.7. The topological polar surface area (TPSA) is 58.6 Å². The fourth-order valence-corrected chi connectivity index (χ4v) is 1.61. The Bertz CT molecular complexity index is 380. The number of carbonyl (C=O) groups is 1. The Morgan fingerprint density at radius 2 is 2.43 bits per heavy atom. The standard InChI is InChI=1S/C9H8BrNO3/c10-5-1-2-6-8(3-5)14-4-7(11-6)9(12)13/h1-3,7,11H,4H2,(H,12,13)/t7-/m0/s1. The number of hydrogen-bond donors (Lipinski definition) is 2. The minimum atomic E-state index is -0.904. The van der Waals surface area contributed by atoms with Gasteiger partial charge in [-0.2, -0.15) is 0 Å². The average molecular weight is 258 g/mol. The first-order chi connectivity index (χ1) is 6.66. The zero-order chi connectivity index (χ0) is 10.1. The van der Waals surface area contributed by atoms with Crippen molar-refractivity contribution < 1.29 is 14.6 Å². The molecule has 0 fully saturated rings. The smallest absolute Gasteiger partial charge is 0.329 e. The number of nitrogens with one attached hydrogen (secondary N) is 1. The van der Waals surface area contributed by atoms with Crippen LogP contribution in [-0.2, 0) is 4.79 Å². The van der Waals surface area contributed by atoms with Gasteiger partial charge < -0.3 is 15.2 Å². The molecular weight excluding hydrogens is 250 g/mol. The summed E-state index contributed by atoms with van der Waals surface area (Å²) in [7, 11) is 0. The van der Waals surface area contributed by atoms with Crippen molar-refractivity contribution in [2.24, 2.45) is 0 Å². The van der Waals surface area contributed by atoms with Crippen molar-refractivity contribution in [3.8, 4) is 5.75 Å². The highest BCUT2D eigenvalue weighted by Gasteiger charge is 2.24. The fraction of sp³-hybridized carbons (Fsp3) is 0.222. The third-order valence-corrected chi connectivity index (χ3v) is 2.47. The molecule has 0 unspecified atom stereocenters. The van der Waals surface area contributed by atoms with E-state index in [0.29, 0.717) is 11.4 Å². The second-order valence-corrected chi connectivity index (χ2v) is 3.90. The van der Waals surface area contributed by atoms with Crippen LogP contribution in [0.15, 0.2) is 22.7 Å². The van der Waals surface area contributed by atoms with Gasteiger partial charge in [-0.05, 0) is 18.2 Å². The molecule has 0 amide bonds. The van der Waals surface area contributed by atoms with Gasteiger partial charge >= 0.3 is 5.97 Å². The zero-order valence-electron chi connectivity index (χ0n) is 7.16. The summed E-state index contributed by atoms with van der Waals surface area (Å²) >= 11 is 3.31. The predicted molar refractivity (Wildman–Crippen MR) is 54.7 cm³/mol. The Morgan fingerprint density at radius 1 is 1.64 bits per heavy atom. The molecule has 1 aromatic rings. The minimum Gasteiger partial charge on any atom is -0.489 e. The van der Waals surface area contributed by atoms with Crippen LogP contribution in [-0.4, -0.2) is 23.7 Å². The van der Waals surface area contributed by atoms with Crippen LogP contribution in [0.5, 0.6) is 5.75 Å². The van der Waals surface area contributed by atoms with Crippen LogP contribution in [0.3, 0.4) is 0 Å². The lowest BCUT2D eigenvalue weighted by molar-refractivity contribution is -0.138. The van der Waals surface area contributed by atoms with Crippen molar-refractivity contribution in [2.45, 2.75) is 6.04 Å². The number of ether oxygens (including phenoxy) is 1. The summed E-state index contributed by atoms with van der Waals surface area (Å²) in [5, 5.41) is 11.6. The second kappa shape index (κ2) is 3.49. The van der Waals surface area contributed by atoms with Gasteiger partial charge in [-0.15, -0.1) is 0 Å². The molecule has 1 aliphatic rings. The summed E-state index contributed by atoms with van der Waals surface area (Å²) in [4.78, 5) is 10.7. The van der Waals surface area contributed by atoms with E-state index in [9.17, 15) is 4.79 Å². The van der Waals surface area contributed by atoms with Crippen LogP contribution < -0.4 is 10.1 Å². The van der Waals surface area contributed by atoms with Gasteiger partial charge in [0.25, 0.3) is 0 Å². The number of rotatable bonds is 1. The third-order valence-electron chi connectivity index (χ3n) is 1.98. The number of aliphatic carboxylic acids is 1. The zero-order valence-corrected chi connectivity index (χ0v) is 8.74. The maximum Gasteiger partial charge on any atom is 0.329 e. The first kappa shape index (κ1) is 9.33. The van der Waals surface area contributed by atoms with Crippen molar-refractivity contribution in [1.29, 1.82) is 0 Å². The van der Waals surface area contributed by atoms with Crippen molar-refractivity contribution in [2.75, 3.05) is 11.9 Å². The van der Waals surface area contributed by atoms with Gasteiger partial charge in [-0.25, -0.2) is 4.79 Å². The Morgan fingerprint density at radius 3 is 3.14 bits per heavy atom. The molecule has 2 N–H and O–H groups in total. The summed E-state index contributed by atoms with van der Waals surface area (Å²) in [5.74, 6) is -0.226. The summed E-state index contributed by atoms with van der Waals surface area (Å²) in [6.45, 7) is 0.152. The molecule has 0 spiro atoms. The van der Waals surface area contributed by atoms with Crippen molar-refractivity contribution in [3.05, 3.63) is 22.7 Å².